The van der Waals surface area contributed by atoms with Crippen LogP contribution >= 0.6 is 0 Å². The van der Waals surface area contributed by atoms with Gasteiger partial charge in [-0.1, -0.05) is 11.8 Å². The van der Waals surface area contributed by atoms with Crippen molar-refractivity contribution in [2.75, 3.05) is 13.1 Å². The van der Waals surface area contributed by atoms with Crippen LogP contribution in [0.1, 0.15) is 12.8 Å². The molecule has 0 saturated carbocycles. The van der Waals surface area contributed by atoms with Crippen LogP contribution in [-0.2, 0) is 4.79 Å². The maximum Gasteiger partial charge on any atom is 0.227 e. The molecule has 4 nitrogen and oxygen atoms in total. The van der Waals surface area contributed by atoms with Crippen LogP contribution in [0, 0.1) is 4.91 Å². The van der Waals surface area contributed by atoms with E-state index in [2.05, 4.69) is 11.8 Å². The average Bonchev–Trinajstić information content (AvgIpc) is 2.29. The fraction of sp³-hybridized carbons (Fsp3) is 0.571. The van der Waals surface area contributed by atoms with Crippen LogP contribution in [0.2, 0.25) is 0 Å². The first-order chi connectivity index (χ1) is 5.25. The first kappa shape index (κ1) is 7.91. The largest absolute Gasteiger partial charge is 0.315 e. The third-order valence-electron chi connectivity index (χ3n) is 1.73. The van der Waals surface area contributed by atoms with Crippen LogP contribution in [0.3, 0.4) is 0 Å². The van der Waals surface area contributed by atoms with E-state index in [9.17, 15) is 9.70 Å². The van der Waals surface area contributed by atoms with Gasteiger partial charge in [-0.15, -0.1) is 0 Å². The van der Waals surface area contributed by atoms with Crippen molar-refractivity contribution in [3.05, 3.63) is 17.2 Å². The fourth-order valence-corrected chi connectivity index (χ4v) is 1.12. The number of nitroso groups, excluding NO2 is 1. The molecule has 0 atom stereocenters. The van der Waals surface area contributed by atoms with E-state index in [-0.39, 0.29) is 12.5 Å². The van der Waals surface area contributed by atoms with Crippen molar-refractivity contribution in [3.63, 3.8) is 0 Å². The SMILES string of the molecule is C=C1CCC(=O)N1CCN=O. The molecule has 0 spiro atoms. The molecule has 0 aromatic heterocycles. The quantitative estimate of drug-likeness (QED) is 0.567. The highest BCUT2D eigenvalue weighted by molar-refractivity contribution is 5.81. The van der Waals surface area contributed by atoms with E-state index < -0.39 is 0 Å². The number of hydrogen-bond acceptors (Lipinski definition) is 3. The number of hydrogen-bond donors (Lipinski definition) is 0. The van der Waals surface area contributed by atoms with Crippen molar-refractivity contribution in [1.29, 1.82) is 0 Å². The zero-order valence-electron chi connectivity index (χ0n) is 6.25. The topological polar surface area (TPSA) is 49.7 Å². The summed E-state index contributed by atoms with van der Waals surface area (Å²) in [5, 5.41) is 2.68. The lowest BCUT2D eigenvalue weighted by Gasteiger charge is -2.14. The van der Waals surface area contributed by atoms with Crippen LogP contribution in [0.4, 0.5) is 0 Å². The lowest BCUT2D eigenvalue weighted by atomic mass is 10.3. The third kappa shape index (κ3) is 1.63. The molecule has 1 aliphatic rings. The third-order valence-corrected chi connectivity index (χ3v) is 1.73. The number of nitrogens with zero attached hydrogens (tertiary/aromatic N) is 2. The summed E-state index contributed by atoms with van der Waals surface area (Å²) in [6.45, 7) is 4.25. The Bertz CT molecular complexity index is 185. The van der Waals surface area contributed by atoms with Gasteiger partial charge in [0.25, 0.3) is 0 Å². The van der Waals surface area contributed by atoms with Gasteiger partial charge >= 0.3 is 0 Å². The summed E-state index contributed by atoms with van der Waals surface area (Å²) in [6, 6.07) is 0. The van der Waals surface area contributed by atoms with Crippen LogP contribution < -0.4 is 0 Å². The summed E-state index contributed by atoms with van der Waals surface area (Å²) in [7, 11) is 0. The Labute approximate surface area is 64.8 Å². The number of carbonyl (C=O) groups excluding carboxylic acids is 1. The predicted octanol–water partition coefficient (Wildman–Crippen LogP) is 0.889. The molecule has 0 bridgehead atoms. The van der Waals surface area contributed by atoms with Crippen molar-refractivity contribution in [2.24, 2.45) is 5.18 Å². The van der Waals surface area contributed by atoms with Gasteiger partial charge < -0.3 is 4.90 Å². The lowest BCUT2D eigenvalue weighted by Crippen LogP contribution is -2.25. The van der Waals surface area contributed by atoms with E-state index in [0.717, 1.165) is 12.1 Å². The van der Waals surface area contributed by atoms with Gasteiger partial charge in [0, 0.05) is 18.7 Å². The Balaban J connectivity index is 2.47. The number of carbonyl (C=O) groups is 1. The minimum absolute atomic E-state index is 0.0543. The van der Waals surface area contributed by atoms with Gasteiger partial charge in [0.1, 0.15) is 0 Å². The zero-order chi connectivity index (χ0) is 8.27. The Morgan fingerprint density at radius 2 is 2.27 bits per heavy atom. The average molecular weight is 154 g/mol. The van der Waals surface area contributed by atoms with Gasteiger partial charge in [0.05, 0.1) is 6.54 Å². The molecule has 0 N–H and O–H groups in total. The summed E-state index contributed by atoms with van der Waals surface area (Å²) in [6.07, 6.45) is 1.25. The summed E-state index contributed by atoms with van der Waals surface area (Å²) in [4.78, 5) is 22.3. The van der Waals surface area contributed by atoms with Crippen molar-refractivity contribution >= 4 is 5.91 Å². The second-order valence-electron chi connectivity index (χ2n) is 2.46. The first-order valence-electron chi connectivity index (χ1n) is 3.53. The maximum atomic E-state index is 11.0. The van der Waals surface area contributed by atoms with Crippen LogP contribution in [0.25, 0.3) is 0 Å². The number of amides is 1. The smallest absolute Gasteiger partial charge is 0.227 e. The Morgan fingerprint density at radius 3 is 2.73 bits per heavy atom. The van der Waals surface area contributed by atoms with Gasteiger partial charge in [-0.25, -0.2) is 0 Å². The molecule has 0 unspecified atom stereocenters. The molecule has 11 heavy (non-hydrogen) atoms. The molecule has 0 aromatic rings. The van der Waals surface area contributed by atoms with Crippen molar-refractivity contribution in [2.45, 2.75) is 12.8 Å². The molecular formula is C7H10N2O2. The van der Waals surface area contributed by atoms with Crippen molar-refractivity contribution < 1.29 is 4.79 Å². The van der Waals surface area contributed by atoms with E-state index in [4.69, 9.17) is 0 Å². The summed E-state index contributed by atoms with van der Waals surface area (Å²) < 4.78 is 0. The highest BCUT2D eigenvalue weighted by Gasteiger charge is 2.23. The highest BCUT2D eigenvalue weighted by atomic mass is 16.3. The Hall–Kier alpha value is -1.19. The second-order valence-corrected chi connectivity index (χ2v) is 2.46. The fourth-order valence-electron chi connectivity index (χ4n) is 1.12. The second kappa shape index (κ2) is 3.27. The van der Waals surface area contributed by atoms with Gasteiger partial charge in [0.15, 0.2) is 0 Å². The van der Waals surface area contributed by atoms with Gasteiger partial charge in [0.2, 0.25) is 5.91 Å². The van der Waals surface area contributed by atoms with Crippen LogP contribution in [0.15, 0.2) is 17.5 Å². The summed E-state index contributed by atoms with van der Waals surface area (Å²) >= 11 is 0. The minimum atomic E-state index is 0.0543. The molecule has 60 valence electrons. The molecule has 1 fully saturated rings. The molecule has 1 saturated heterocycles. The molecule has 1 rings (SSSR count). The van der Waals surface area contributed by atoms with Crippen molar-refractivity contribution in [3.8, 4) is 0 Å². The summed E-state index contributed by atoms with van der Waals surface area (Å²) in [5.74, 6) is 0.0543. The first-order valence-corrected chi connectivity index (χ1v) is 3.53. The molecule has 1 amide bonds. The predicted molar refractivity (Wildman–Crippen MR) is 40.7 cm³/mol. The molecule has 4 heteroatoms. The monoisotopic (exact) mass is 154 g/mol. The van der Waals surface area contributed by atoms with E-state index in [0.29, 0.717) is 13.0 Å². The van der Waals surface area contributed by atoms with Crippen LogP contribution in [0.5, 0.6) is 0 Å². The lowest BCUT2D eigenvalue weighted by molar-refractivity contribution is -0.126. The Kier molecular flexibility index (Phi) is 2.36. The maximum absolute atomic E-state index is 11.0. The van der Waals surface area contributed by atoms with Gasteiger partial charge in [-0.2, -0.15) is 4.91 Å². The number of allylic oxidation sites excluding steroid dienone is 1. The molecule has 0 radical (unpaired) electrons. The molecule has 1 aliphatic heterocycles. The molecular weight excluding hydrogens is 144 g/mol. The molecule has 0 aliphatic carbocycles. The standard InChI is InChI=1S/C7H10N2O2/c1-6-2-3-7(10)9(6)5-4-8-11/h1-5H2. The molecule has 1 heterocycles. The van der Waals surface area contributed by atoms with Crippen LogP contribution in [-0.4, -0.2) is 23.9 Å². The summed E-state index contributed by atoms with van der Waals surface area (Å²) in [5.41, 5.74) is 0.804. The van der Waals surface area contributed by atoms with Gasteiger partial charge in [-0.3, -0.25) is 4.79 Å². The number of likely N-dealkylation sites (tertiary alicyclic amines) is 1. The normalized spacial score (nSPS) is 17.6. The highest BCUT2D eigenvalue weighted by Crippen LogP contribution is 2.19. The van der Waals surface area contributed by atoms with E-state index in [1.54, 1.807) is 0 Å². The van der Waals surface area contributed by atoms with E-state index in [1.807, 2.05) is 0 Å². The number of rotatable bonds is 3. The van der Waals surface area contributed by atoms with E-state index in [1.165, 1.54) is 4.90 Å². The minimum Gasteiger partial charge on any atom is -0.315 e. The van der Waals surface area contributed by atoms with Gasteiger partial charge in [-0.05, 0) is 6.42 Å². The van der Waals surface area contributed by atoms with E-state index >= 15 is 0 Å². The van der Waals surface area contributed by atoms with Crippen molar-refractivity contribution in [1.82, 2.24) is 4.90 Å². The molecule has 0 aromatic carbocycles. The Morgan fingerprint density at radius 1 is 1.55 bits per heavy atom. The zero-order valence-corrected chi connectivity index (χ0v) is 6.25.